The Kier molecular flexibility index (Phi) is 25.5. The molecular weight excluding hydrogens is 1320 g/mol. The maximum absolute atomic E-state index is 12.2. The maximum atomic E-state index is 12.2. The van der Waals surface area contributed by atoms with Gasteiger partial charge in [0.15, 0.2) is 34.6 Å². The van der Waals surface area contributed by atoms with Gasteiger partial charge in [0.05, 0.1) is 61.6 Å². The van der Waals surface area contributed by atoms with Crippen LogP contribution in [-0.4, -0.2) is 151 Å². The van der Waals surface area contributed by atoms with Gasteiger partial charge in [-0.1, -0.05) is 63.1 Å². The smallest absolute Gasteiger partial charge is 0.504 e. The number of imide groups is 2. The number of imidazole rings is 2. The molecule has 10 rings (SSSR count). The first-order valence-electron chi connectivity index (χ1n) is 33.0. The number of nitrogens with one attached hydrogen (secondary N) is 2. The van der Waals surface area contributed by atoms with E-state index < -0.39 is 49.1 Å². The van der Waals surface area contributed by atoms with Crippen molar-refractivity contribution in [3.8, 4) is 23.0 Å². The summed E-state index contributed by atoms with van der Waals surface area (Å²) in [7, 11) is -4.91. The second-order valence-electron chi connectivity index (χ2n) is 23.9. The van der Waals surface area contributed by atoms with Gasteiger partial charge in [0.2, 0.25) is 11.8 Å². The summed E-state index contributed by atoms with van der Waals surface area (Å²) in [5.74, 6) is -3.22. The molecule has 0 aliphatic carbocycles. The van der Waals surface area contributed by atoms with Crippen LogP contribution in [0, 0.1) is 0 Å². The molecular formula is C68H81N12O19P. The monoisotopic (exact) mass is 1400 g/mol. The number of nitrogens with zero attached hydrogens (tertiary/aromatic N) is 8. The van der Waals surface area contributed by atoms with Crippen molar-refractivity contribution < 1.29 is 91.7 Å². The van der Waals surface area contributed by atoms with Gasteiger partial charge >= 0.3 is 19.8 Å². The number of nitrogens with two attached hydrogens (primary N) is 2. The summed E-state index contributed by atoms with van der Waals surface area (Å²) in [5, 5.41) is 39.6. The van der Waals surface area contributed by atoms with Crippen molar-refractivity contribution in [3.05, 3.63) is 107 Å². The zero-order valence-electron chi connectivity index (χ0n) is 55.4. The number of anilines is 2. The van der Waals surface area contributed by atoms with Crippen LogP contribution < -0.4 is 26.6 Å². The van der Waals surface area contributed by atoms with Crippen LogP contribution in [0.4, 0.5) is 11.6 Å². The number of benzene rings is 4. The van der Waals surface area contributed by atoms with E-state index in [1.54, 1.807) is 18.2 Å². The molecule has 2 saturated heterocycles. The van der Waals surface area contributed by atoms with E-state index in [0.29, 0.717) is 113 Å². The Balaban J connectivity index is 0.000000234. The highest BCUT2D eigenvalue weighted by Gasteiger charge is 2.34. The number of unbranched alkanes of at least 4 members (excludes halogenated alkanes) is 2. The number of carbonyl (C=O) groups excluding carboxylic acids is 8. The largest absolute Gasteiger partial charge is 0.524 e. The number of hydroxylamine groups is 4. The molecule has 0 saturated carbocycles. The second kappa shape index (κ2) is 34.4. The average Bonchev–Trinajstić information content (AvgIpc) is 1.58. The van der Waals surface area contributed by atoms with Crippen molar-refractivity contribution in [1.29, 1.82) is 0 Å². The molecule has 0 spiro atoms. The number of hydrogen-bond donors (Lipinski definition) is 9. The molecule has 6 amide bonds. The fourth-order valence-electron chi connectivity index (χ4n) is 11.3. The van der Waals surface area contributed by atoms with E-state index in [-0.39, 0.29) is 125 Å². The van der Waals surface area contributed by atoms with Gasteiger partial charge in [-0.15, -0.1) is 10.1 Å². The molecule has 4 aromatic carbocycles. The molecule has 11 N–H and O–H groups in total. The number of carbonyl (C=O) groups is 8. The highest BCUT2D eigenvalue weighted by atomic mass is 31.2. The van der Waals surface area contributed by atoms with Gasteiger partial charge in [0.1, 0.15) is 22.7 Å². The van der Waals surface area contributed by atoms with E-state index >= 15 is 0 Å². The Hall–Kier alpha value is -10.3. The van der Waals surface area contributed by atoms with Gasteiger partial charge in [0, 0.05) is 99.2 Å². The molecule has 0 atom stereocenters. The summed E-state index contributed by atoms with van der Waals surface area (Å²) >= 11 is 0. The third kappa shape index (κ3) is 19.3. The first kappa shape index (κ1) is 73.9. The number of phosphoric acid groups is 1. The van der Waals surface area contributed by atoms with Gasteiger partial charge in [0.25, 0.3) is 23.6 Å². The molecule has 0 radical (unpaired) electrons. The quantitative estimate of drug-likeness (QED) is 0.00886. The zero-order chi connectivity index (χ0) is 71.6. The molecule has 0 unspecified atom stereocenters. The normalized spacial score (nSPS) is 13.2. The van der Waals surface area contributed by atoms with Crippen LogP contribution in [0.15, 0.2) is 72.8 Å². The minimum absolute atomic E-state index is 0.00999. The molecule has 6 heterocycles. The molecule has 31 nitrogen and oxygen atoms in total. The van der Waals surface area contributed by atoms with Gasteiger partial charge in [-0.25, -0.2) is 34.1 Å². The fraction of sp³-hybridized carbons (Fsp3) is 0.412. The van der Waals surface area contributed by atoms with E-state index in [4.69, 9.17) is 45.1 Å². The second-order valence-corrected chi connectivity index (χ2v) is 25.0. The Morgan fingerprint density at radius 1 is 0.540 bits per heavy atom. The number of phenolic OH excluding ortho intramolecular Hbond substituents is 3. The minimum Gasteiger partial charge on any atom is -0.504 e. The lowest BCUT2D eigenvalue weighted by Crippen LogP contribution is -2.32. The van der Waals surface area contributed by atoms with Crippen molar-refractivity contribution in [2.24, 2.45) is 0 Å². The standard InChI is InChI=1S/C34H41N6O11P.C34H40N6O8/c1-2-3-8-26-38-31-32(39(26)20-22-6-4-7-25(33(22)45)51-52(46,47)48)23-19-21(11-12-24(23)37-34(31)35)15-17-49-18-16-36-27(41)9-5-10-30(44)50-40-28(42)13-14-29(40)43;1-2-3-8-26-38-31-32(39(26)20-22-6-4-7-25(41)33(22)46)23-19-21(11-12-24(23)37-34(31)35)15-17-47-18-16-36-27(42)9-5-10-30(45)48-40-28(43)13-14-29(40)44/h4,6-7,11-12,19,45H,2-3,5,8-10,13-18,20H2,1H3,(H2,35,37)(H,36,41)(H2,46,47,48);4,6-7,11-12,19,41,46H,2-3,5,8-10,13-18,20H2,1H3,(H2,35,37)(H,36,42). The van der Waals surface area contributed by atoms with E-state index in [1.165, 1.54) is 18.2 Å². The van der Waals surface area contributed by atoms with Crippen LogP contribution in [0.1, 0.15) is 138 Å². The van der Waals surface area contributed by atoms with Crippen molar-refractivity contribution in [2.75, 3.05) is 51.0 Å². The summed E-state index contributed by atoms with van der Waals surface area (Å²) < 4.78 is 31.7. The summed E-state index contributed by atoms with van der Waals surface area (Å²) in [6.45, 7) is 6.44. The predicted octanol–water partition coefficient (Wildman–Crippen LogP) is 6.61. The molecule has 4 aromatic heterocycles. The van der Waals surface area contributed by atoms with E-state index in [0.717, 1.165) is 58.9 Å². The molecule has 0 bridgehead atoms. The highest BCUT2D eigenvalue weighted by molar-refractivity contribution is 7.46. The van der Waals surface area contributed by atoms with Gasteiger partial charge < -0.3 is 70.2 Å². The van der Waals surface area contributed by atoms with Gasteiger partial charge in [-0.2, -0.15) is 0 Å². The topological polar surface area (TPSA) is 445 Å². The van der Waals surface area contributed by atoms with Crippen LogP contribution in [0.2, 0.25) is 0 Å². The van der Waals surface area contributed by atoms with Gasteiger partial charge in [-0.05, 0) is 86.1 Å². The van der Waals surface area contributed by atoms with E-state index in [2.05, 4.69) is 34.4 Å². The third-order valence-corrected chi connectivity index (χ3v) is 16.9. The van der Waals surface area contributed by atoms with E-state index in [9.17, 15) is 68.0 Å². The minimum atomic E-state index is -4.91. The third-order valence-electron chi connectivity index (χ3n) is 16.4. The van der Waals surface area contributed by atoms with Crippen molar-refractivity contribution in [1.82, 2.24) is 49.8 Å². The lowest BCUT2D eigenvalue weighted by molar-refractivity contribution is -0.197. The van der Waals surface area contributed by atoms with Crippen LogP contribution in [0.5, 0.6) is 23.0 Å². The number of ether oxygens (including phenoxy) is 2. The van der Waals surface area contributed by atoms with Crippen LogP contribution in [-0.2, 0) is 101 Å². The average molecular weight is 1400 g/mol. The summed E-state index contributed by atoms with van der Waals surface area (Å²) in [6.07, 6.45) is 6.52. The lowest BCUT2D eigenvalue weighted by atomic mass is 10.1. The Labute approximate surface area is 573 Å². The summed E-state index contributed by atoms with van der Waals surface area (Å²) in [5.41, 5.74) is 19.6. The Morgan fingerprint density at radius 3 is 1.40 bits per heavy atom. The lowest BCUT2D eigenvalue weighted by Gasteiger charge is -2.15. The zero-order valence-corrected chi connectivity index (χ0v) is 56.3. The Morgan fingerprint density at radius 2 is 0.970 bits per heavy atom. The van der Waals surface area contributed by atoms with Gasteiger partial charge in [-0.3, -0.25) is 38.6 Å². The predicted molar refractivity (Wildman–Crippen MR) is 362 cm³/mol. The number of rotatable bonds is 34. The number of para-hydroxylation sites is 2. The molecule has 2 fully saturated rings. The summed E-state index contributed by atoms with van der Waals surface area (Å²) in [4.78, 5) is 141. The maximum Gasteiger partial charge on any atom is 0.524 e. The van der Waals surface area contributed by atoms with Crippen molar-refractivity contribution in [2.45, 2.75) is 143 Å². The molecule has 100 heavy (non-hydrogen) atoms. The van der Waals surface area contributed by atoms with Crippen LogP contribution in [0.25, 0.3) is 43.9 Å². The van der Waals surface area contributed by atoms with E-state index in [1.807, 2.05) is 45.5 Å². The number of nitrogen functional groups attached to an aromatic ring is 2. The molecule has 2 aliphatic rings. The first-order chi connectivity index (χ1) is 48.0. The number of aryl methyl sites for hydroxylation is 2. The number of phosphoric ester groups is 1. The van der Waals surface area contributed by atoms with Crippen molar-refractivity contribution in [3.63, 3.8) is 0 Å². The van der Waals surface area contributed by atoms with Crippen molar-refractivity contribution >= 4 is 111 Å². The number of hydrogen-bond acceptors (Lipinski definition) is 23. The SMILES string of the molecule is CCCCc1nc2c(N)nc3ccc(CCOCCNC(=O)CCCC(=O)ON4C(=O)CCC4=O)cc3c2n1Cc1cccc(O)c1O.CCCCc1nc2c(N)nc3ccc(CCOCCNC(=O)CCCC(=O)ON4C(=O)CCC4=O)cc3c2n1Cc1cccc(OP(=O)(O)O)c1O. The summed E-state index contributed by atoms with van der Waals surface area (Å²) in [6, 6.07) is 21.0. The molecule has 2 aliphatic heterocycles. The number of pyridine rings is 2. The molecule has 8 aromatic rings. The number of phenols is 3. The van der Waals surface area contributed by atoms with Crippen LogP contribution in [0.3, 0.4) is 0 Å². The number of amides is 6. The van der Waals surface area contributed by atoms with Crippen LogP contribution >= 0.6 is 7.82 Å². The first-order valence-corrected chi connectivity index (χ1v) is 34.6. The number of fused-ring (bicyclic) bond motifs is 6. The number of aromatic hydroxyl groups is 3. The molecule has 532 valence electrons. The fourth-order valence-corrected chi connectivity index (χ4v) is 11.7. The molecule has 32 heteroatoms. The number of aromatic nitrogens is 6. The Bertz CT molecular complexity index is 4390. The highest BCUT2D eigenvalue weighted by Crippen LogP contribution is 2.44.